The second kappa shape index (κ2) is 6.86. The molecule has 0 fully saturated rings. The van der Waals surface area contributed by atoms with Gasteiger partial charge in [0.2, 0.25) is 0 Å². The third-order valence-corrected chi connectivity index (χ3v) is 2.33. The lowest BCUT2D eigenvalue weighted by atomic mass is 10.1. The van der Waals surface area contributed by atoms with E-state index in [2.05, 4.69) is 0 Å². The van der Waals surface area contributed by atoms with Crippen LogP contribution in [0.4, 0.5) is 5.69 Å². The number of nitrogen functional groups attached to an aromatic ring is 1. The Morgan fingerprint density at radius 3 is 2.67 bits per heavy atom. The standard InChI is InChI=1S/C13H19NO4/c1-4-17-13(15)10-7-9(2)8-11(12(10)14)18-6-5-16-3/h7-8H,4-6,14H2,1-3H3. The normalized spacial score (nSPS) is 10.2. The molecule has 0 aromatic heterocycles. The van der Waals surface area contributed by atoms with E-state index in [1.165, 1.54) is 0 Å². The molecule has 5 nitrogen and oxygen atoms in total. The van der Waals surface area contributed by atoms with Crippen LogP contribution in [-0.4, -0.2) is 32.9 Å². The van der Waals surface area contributed by atoms with Crippen molar-refractivity contribution in [1.82, 2.24) is 0 Å². The predicted molar refractivity (Wildman–Crippen MR) is 68.9 cm³/mol. The highest BCUT2D eigenvalue weighted by Gasteiger charge is 2.15. The molecular formula is C13H19NO4. The van der Waals surface area contributed by atoms with E-state index in [0.29, 0.717) is 36.8 Å². The van der Waals surface area contributed by atoms with Crippen molar-refractivity contribution in [2.75, 3.05) is 32.7 Å². The summed E-state index contributed by atoms with van der Waals surface area (Å²) in [7, 11) is 1.59. The van der Waals surface area contributed by atoms with Gasteiger partial charge in [-0.25, -0.2) is 4.79 Å². The number of aryl methyl sites for hydroxylation is 1. The highest BCUT2D eigenvalue weighted by atomic mass is 16.5. The maximum absolute atomic E-state index is 11.7. The minimum Gasteiger partial charge on any atom is -0.489 e. The molecule has 1 rings (SSSR count). The Kier molecular flexibility index (Phi) is 5.45. The Labute approximate surface area is 107 Å². The van der Waals surface area contributed by atoms with Crippen LogP contribution in [0.15, 0.2) is 12.1 Å². The van der Waals surface area contributed by atoms with Crippen molar-refractivity contribution in [3.8, 4) is 5.75 Å². The molecule has 0 amide bonds. The zero-order valence-electron chi connectivity index (χ0n) is 11.0. The summed E-state index contributed by atoms with van der Waals surface area (Å²) in [6, 6.07) is 3.48. The number of rotatable bonds is 6. The number of esters is 1. The monoisotopic (exact) mass is 253 g/mol. The summed E-state index contributed by atoms with van der Waals surface area (Å²) in [5.41, 5.74) is 7.43. The van der Waals surface area contributed by atoms with Crippen LogP contribution in [0.2, 0.25) is 0 Å². The van der Waals surface area contributed by atoms with Gasteiger partial charge in [-0.15, -0.1) is 0 Å². The molecule has 0 saturated carbocycles. The average molecular weight is 253 g/mol. The van der Waals surface area contributed by atoms with E-state index in [-0.39, 0.29) is 0 Å². The average Bonchev–Trinajstić information content (AvgIpc) is 2.33. The van der Waals surface area contributed by atoms with Gasteiger partial charge in [-0.2, -0.15) is 0 Å². The molecule has 0 aliphatic heterocycles. The van der Waals surface area contributed by atoms with Crippen LogP contribution in [0.3, 0.4) is 0 Å². The molecule has 0 saturated heterocycles. The molecule has 1 aromatic carbocycles. The maximum atomic E-state index is 11.7. The quantitative estimate of drug-likeness (QED) is 0.475. The maximum Gasteiger partial charge on any atom is 0.340 e. The molecule has 18 heavy (non-hydrogen) atoms. The Morgan fingerprint density at radius 1 is 1.33 bits per heavy atom. The number of carbonyl (C=O) groups excluding carboxylic acids is 1. The lowest BCUT2D eigenvalue weighted by molar-refractivity contribution is 0.0527. The fraction of sp³-hybridized carbons (Fsp3) is 0.462. The van der Waals surface area contributed by atoms with E-state index in [0.717, 1.165) is 5.56 Å². The Morgan fingerprint density at radius 2 is 2.06 bits per heavy atom. The number of anilines is 1. The number of ether oxygens (including phenoxy) is 3. The molecule has 0 atom stereocenters. The molecule has 0 heterocycles. The largest absolute Gasteiger partial charge is 0.489 e. The fourth-order valence-corrected chi connectivity index (χ4v) is 1.50. The molecular weight excluding hydrogens is 234 g/mol. The van der Waals surface area contributed by atoms with Gasteiger partial charge < -0.3 is 19.9 Å². The summed E-state index contributed by atoms with van der Waals surface area (Å²) in [4.78, 5) is 11.7. The smallest absolute Gasteiger partial charge is 0.340 e. The van der Waals surface area contributed by atoms with Crippen molar-refractivity contribution in [3.05, 3.63) is 23.3 Å². The molecule has 0 aliphatic carbocycles. The van der Waals surface area contributed by atoms with Crippen LogP contribution in [0.5, 0.6) is 5.75 Å². The first-order chi connectivity index (χ1) is 8.60. The Balaban J connectivity index is 2.94. The molecule has 1 aromatic rings. The highest BCUT2D eigenvalue weighted by molar-refractivity contribution is 5.96. The van der Waals surface area contributed by atoms with Gasteiger partial charge in [-0.1, -0.05) is 0 Å². The number of methoxy groups -OCH3 is 1. The number of benzene rings is 1. The lowest BCUT2D eigenvalue weighted by Gasteiger charge is -2.13. The summed E-state index contributed by atoms with van der Waals surface area (Å²) >= 11 is 0. The third-order valence-electron chi connectivity index (χ3n) is 2.33. The van der Waals surface area contributed by atoms with Gasteiger partial charge in [0.25, 0.3) is 0 Å². The fourth-order valence-electron chi connectivity index (χ4n) is 1.50. The van der Waals surface area contributed by atoms with Crippen molar-refractivity contribution < 1.29 is 19.0 Å². The number of nitrogens with two attached hydrogens (primary N) is 1. The molecule has 0 radical (unpaired) electrons. The van der Waals surface area contributed by atoms with E-state index in [4.69, 9.17) is 19.9 Å². The van der Waals surface area contributed by atoms with Crippen LogP contribution in [0, 0.1) is 6.92 Å². The van der Waals surface area contributed by atoms with Crippen LogP contribution in [0.25, 0.3) is 0 Å². The molecule has 0 unspecified atom stereocenters. The van der Waals surface area contributed by atoms with Gasteiger partial charge in [-0.05, 0) is 31.5 Å². The number of carbonyl (C=O) groups is 1. The van der Waals surface area contributed by atoms with Gasteiger partial charge in [0, 0.05) is 7.11 Å². The minimum absolute atomic E-state index is 0.301. The molecule has 100 valence electrons. The highest BCUT2D eigenvalue weighted by Crippen LogP contribution is 2.28. The van der Waals surface area contributed by atoms with E-state index < -0.39 is 5.97 Å². The summed E-state index contributed by atoms with van der Waals surface area (Å²) < 4.78 is 15.3. The van der Waals surface area contributed by atoms with Crippen LogP contribution in [0.1, 0.15) is 22.8 Å². The Hall–Kier alpha value is -1.75. The van der Waals surface area contributed by atoms with Crippen LogP contribution in [-0.2, 0) is 9.47 Å². The zero-order chi connectivity index (χ0) is 13.5. The topological polar surface area (TPSA) is 70.8 Å². The first kappa shape index (κ1) is 14.3. The molecule has 2 N–H and O–H groups in total. The number of hydrogen-bond acceptors (Lipinski definition) is 5. The number of hydrogen-bond donors (Lipinski definition) is 1. The van der Waals surface area contributed by atoms with E-state index in [9.17, 15) is 4.79 Å². The summed E-state index contributed by atoms with van der Waals surface area (Å²) in [6.07, 6.45) is 0. The van der Waals surface area contributed by atoms with Crippen molar-refractivity contribution in [2.24, 2.45) is 0 Å². The molecule has 0 spiro atoms. The van der Waals surface area contributed by atoms with Crippen LogP contribution >= 0.6 is 0 Å². The molecule has 0 aliphatic rings. The lowest BCUT2D eigenvalue weighted by Crippen LogP contribution is -2.11. The first-order valence-corrected chi connectivity index (χ1v) is 5.79. The molecule has 5 heteroatoms. The molecule has 0 bridgehead atoms. The first-order valence-electron chi connectivity index (χ1n) is 5.79. The SMILES string of the molecule is CCOC(=O)c1cc(C)cc(OCCOC)c1N. The van der Waals surface area contributed by atoms with Gasteiger partial charge in [0.05, 0.1) is 24.5 Å². The zero-order valence-corrected chi connectivity index (χ0v) is 11.0. The van der Waals surface area contributed by atoms with E-state index in [1.54, 1.807) is 26.2 Å². The summed E-state index contributed by atoms with van der Waals surface area (Å²) in [5.74, 6) is 0.0467. The summed E-state index contributed by atoms with van der Waals surface area (Å²) in [6.45, 7) is 4.77. The van der Waals surface area contributed by atoms with Gasteiger partial charge >= 0.3 is 5.97 Å². The predicted octanol–water partition coefficient (Wildman–Crippen LogP) is 1.78. The van der Waals surface area contributed by atoms with Gasteiger partial charge in [0.1, 0.15) is 12.4 Å². The second-order valence-corrected chi connectivity index (χ2v) is 3.79. The van der Waals surface area contributed by atoms with Crippen molar-refractivity contribution in [3.63, 3.8) is 0 Å². The van der Waals surface area contributed by atoms with E-state index in [1.807, 2.05) is 6.92 Å². The Bertz CT molecular complexity index is 418. The third kappa shape index (κ3) is 3.63. The van der Waals surface area contributed by atoms with Crippen molar-refractivity contribution in [1.29, 1.82) is 0 Å². The van der Waals surface area contributed by atoms with Crippen molar-refractivity contribution in [2.45, 2.75) is 13.8 Å². The van der Waals surface area contributed by atoms with Crippen LogP contribution < -0.4 is 10.5 Å². The van der Waals surface area contributed by atoms with Gasteiger partial charge in [-0.3, -0.25) is 0 Å². The minimum atomic E-state index is -0.435. The second-order valence-electron chi connectivity index (χ2n) is 3.79. The van der Waals surface area contributed by atoms with Crippen molar-refractivity contribution >= 4 is 11.7 Å². The van der Waals surface area contributed by atoms with E-state index >= 15 is 0 Å². The van der Waals surface area contributed by atoms with Gasteiger partial charge in [0.15, 0.2) is 0 Å². The summed E-state index contributed by atoms with van der Waals surface area (Å²) in [5, 5.41) is 0.